The Morgan fingerprint density at radius 2 is 1.07 bits per heavy atom. The molecule has 1 fully saturated rings. The zero-order chi connectivity index (χ0) is 27.7. The van der Waals surface area contributed by atoms with Crippen LogP contribution in [-0.2, 0) is 15.1 Å². The molecule has 4 aromatic rings. The van der Waals surface area contributed by atoms with E-state index in [1.165, 1.54) is 46.4 Å². The van der Waals surface area contributed by atoms with Gasteiger partial charge in [0.05, 0.1) is 0 Å². The van der Waals surface area contributed by atoms with Gasteiger partial charge in [-0.15, -0.1) is 0 Å². The monoisotopic (exact) mass is 660 g/mol. The summed E-state index contributed by atoms with van der Waals surface area (Å²) < 4.78 is 1.41. The number of hydrogen-bond donors (Lipinski definition) is 0. The minimum atomic E-state index is -2.67. The molecule has 3 aliphatic rings. The Hall–Kier alpha value is -1.65. The molecule has 0 bridgehead atoms. The molecule has 0 N–H and O–H groups in total. The molecule has 2 atom stereocenters. The number of halogens is 2. The molecule has 0 radical (unpaired) electrons. The molecule has 7 rings (SSSR count). The van der Waals surface area contributed by atoms with E-state index in [0.29, 0.717) is 4.22 Å². The van der Waals surface area contributed by atoms with E-state index in [2.05, 4.69) is 138 Å². The van der Waals surface area contributed by atoms with Crippen molar-refractivity contribution in [1.82, 2.24) is 0 Å². The van der Waals surface area contributed by atoms with Crippen LogP contribution < -0.4 is 24.8 Å². The van der Waals surface area contributed by atoms with Crippen molar-refractivity contribution < 1.29 is 39.9 Å². The summed E-state index contributed by atoms with van der Waals surface area (Å²) in [5, 5.41) is 0. The Morgan fingerprint density at radius 1 is 0.548 bits per heavy atom. The molecule has 0 saturated carbocycles. The van der Waals surface area contributed by atoms with Gasteiger partial charge in [0.2, 0.25) is 0 Å². The van der Waals surface area contributed by atoms with Crippen LogP contribution in [0.2, 0.25) is 24.2 Å². The zero-order valence-corrected chi connectivity index (χ0v) is 30.6. The van der Waals surface area contributed by atoms with Crippen LogP contribution in [0.4, 0.5) is 0 Å². The van der Waals surface area contributed by atoms with Crippen LogP contribution in [0.5, 0.6) is 0 Å². The molecule has 0 aromatic heterocycles. The second-order valence-electron chi connectivity index (χ2n) is 12.6. The summed E-state index contributed by atoms with van der Waals surface area (Å²) in [6.07, 6.45) is 2.60. The number of rotatable bonds is 7. The standard InChI is InChI=1S/C19H13.C10H9.C8H20Si2.2ClH.Ti/c1-2-7-14(8-3-1)17-12-6-10-16-13-15-9-4-5-11-18(15)19(16)17;1-8-6-9-4-2-3-5-10(9)7-8;1-5-9(6-2)10(7-3)8-4;;;/h1-13H;2-7H,1H3;5-8H2,1-4H3;2*1H;/q;;;;;+2/p-2. The Balaban J connectivity index is 0.00000176. The van der Waals surface area contributed by atoms with Crippen LogP contribution in [0.3, 0.4) is 0 Å². The van der Waals surface area contributed by atoms with E-state index in [1.54, 1.807) is 27.8 Å². The molecule has 1 saturated heterocycles. The van der Waals surface area contributed by atoms with E-state index >= 15 is 0 Å². The average Bonchev–Trinajstić information content (AvgIpc) is 3.19. The SMILES string of the molecule is CC[Si]1(CC)[Si](CC)(CC)[Ti+2]1([CH]1C(C)=Cc2ccccc21)[CH]1c2ccccc2-c2c(-c3ccccc3)cccc21.[Cl-].[Cl-]. The van der Waals surface area contributed by atoms with Gasteiger partial charge in [0.15, 0.2) is 0 Å². The van der Waals surface area contributed by atoms with E-state index in [4.69, 9.17) is 0 Å². The maximum Gasteiger partial charge on any atom is -1.00 e. The van der Waals surface area contributed by atoms with Gasteiger partial charge in [-0.1, -0.05) is 0 Å². The molecule has 1 aliphatic heterocycles. The third-order valence-corrected chi connectivity index (χ3v) is 91.2. The first kappa shape index (κ1) is 31.8. The summed E-state index contributed by atoms with van der Waals surface area (Å²) in [7, 11) is 0. The summed E-state index contributed by atoms with van der Waals surface area (Å²) in [5.74, 6) is 0. The van der Waals surface area contributed by atoms with Gasteiger partial charge < -0.3 is 24.8 Å². The van der Waals surface area contributed by atoms with Crippen LogP contribution >= 0.6 is 0 Å². The molecule has 0 amide bonds. The second-order valence-corrected chi connectivity index (χ2v) is 52.5. The summed E-state index contributed by atoms with van der Waals surface area (Å²) in [4.78, 5) is 0. The first-order valence-corrected chi connectivity index (χ1v) is 27.9. The maximum atomic E-state index is 2.64. The zero-order valence-electron chi connectivity index (χ0n) is 25.6. The molecule has 5 heteroatoms. The molecule has 2 aliphatic carbocycles. The van der Waals surface area contributed by atoms with Gasteiger partial charge >= 0.3 is 246 Å². The largest absolute Gasteiger partial charge is 1.00 e. The Morgan fingerprint density at radius 3 is 1.71 bits per heavy atom. The fourth-order valence-corrected chi connectivity index (χ4v) is 140. The van der Waals surface area contributed by atoms with Crippen LogP contribution in [0.25, 0.3) is 28.3 Å². The minimum Gasteiger partial charge on any atom is -1.00 e. The Kier molecular flexibility index (Phi) is 8.84. The van der Waals surface area contributed by atoms with E-state index in [0.717, 1.165) is 4.22 Å². The van der Waals surface area contributed by atoms with Gasteiger partial charge in [0.1, 0.15) is 0 Å². The van der Waals surface area contributed by atoms with Crippen molar-refractivity contribution in [1.29, 1.82) is 0 Å². The van der Waals surface area contributed by atoms with Gasteiger partial charge in [-0.2, -0.15) is 0 Å². The van der Waals surface area contributed by atoms with E-state index in [9.17, 15) is 0 Å². The van der Waals surface area contributed by atoms with Crippen molar-refractivity contribution in [3.8, 4) is 22.3 Å². The second kappa shape index (κ2) is 11.7. The van der Waals surface area contributed by atoms with Crippen molar-refractivity contribution in [2.75, 3.05) is 0 Å². The van der Waals surface area contributed by atoms with Gasteiger partial charge in [-0.3, -0.25) is 0 Å². The summed E-state index contributed by atoms with van der Waals surface area (Å²) in [6.45, 7) is 13.1. The van der Waals surface area contributed by atoms with Crippen LogP contribution in [0, 0.1) is 0 Å². The van der Waals surface area contributed by atoms with E-state index in [-0.39, 0.29) is 24.8 Å². The Bertz CT molecular complexity index is 1620. The first-order valence-electron chi connectivity index (χ1n) is 15.6. The van der Waals surface area contributed by atoms with Crippen molar-refractivity contribution in [3.05, 3.63) is 125 Å². The van der Waals surface area contributed by atoms with E-state index in [1.807, 2.05) is 0 Å². The smallest absolute Gasteiger partial charge is 1.00 e. The number of hydrogen-bond acceptors (Lipinski definition) is 0. The van der Waals surface area contributed by atoms with Crippen LogP contribution in [-0.4, -0.2) is 10.9 Å². The molecule has 42 heavy (non-hydrogen) atoms. The topological polar surface area (TPSA) is 0 Å². The summed E-state index contributed by atoms with van der Waals surface area (Å²) in [5.41, 5.74) is 11.3. The maximum absolute atomic E-state index is 2.67. The number of benzene rings is 4. The molecule has 1 heterocycles. The molecule has 216 valence electrons. The minimum absolute atomic E-state index is 0. The van der Waals surface area contributed by atoms with Crippen molar-refractivity contribution >= 4 is 17.0 Å². The molecular formula is C37H42Cl2Si2Ti. The van der Waals surface area contributed by atoms with E-state index < -0.39 is 26.0 Å². The molecule has 0 nitrogen and oxygen atoms in total. The normalized spacial score (nSPS) is 20.5. The van der Waals surface area contributed by atoms with Crippen molar-refractivity contribution in [3.63, 3.8) is 0 Å². The fourth-order valence-electron chi connectivity index (χ4n) is 10.9. The summed E-state index contributed by atoms with van der Waals surface area (Å²) >= 11 is -2.67. The van der Waals surface area contributed by atoms with Crippen LogP contribution in [0.1, 0.15) is 65.3 Å². The number of fused-ring (bicyclic) bond motifs is 4. The fraction of sp³-hybridized carbons (Fsp3) is 0.297. The van der Waals surface area contributed by atoms with Gasteiger partial charge in [-0.05, 0) is 0 Å². The Labute approximate surface area is 269 Å². The predicted molar refractivity (Wildman–Crippen MR) is 175 cm³/mol. The predicted octanol–water partition coefficient (Wildman–Crippen LogP) is 4.81. The van der Waals surface area contributed by atoms with Gasteiger partial charge in [0, 0.05) is 0 Å². The quantitative estimate of drug-likeness (QED) is 0.250. The van der Waals surface area contributed by atoms with Crippen molar-refractivity contribution in [2.45, 2.75) is 67.2 Å². The first-order chi connectivity index (χ1) is 19.6. The molecule has 4 aromatic carbocycles. The molecule has 2 unspecified atom stereocenters. The molecular weight excluding hydrogens is 619 g/mol. The number of allylic oxidation sites excluding steroid dienone is 1. The molecule has 0 spiro atoms. The average molecular weight is 662 g/mol. The van der Waals surface area contributed by atoms with Crippen molar-refractivity contribution in [2.24, 2.45) is 0 Å². The van der Waals surface area contributed by atoms with Gasteiger partial charge in [0.25, 0.3) is 0 Å². The third kappa shape index (κ3) is 3.76. The third-order valence-electron chi connectivity index (χ3n) is 11.9. The summed E-state index contributed by atoms with van der Waals surface area (Å²) in [6, 6.07) is 43.8. The van der Waals surface area contributed by atoms with Gasteiger partial charge in [-0.25, -0.2) is 0 Å². The van der Waals surface area contributed by atoms with Crippen LogP contribution in [0.15, 0.2) is 103 Å².